The lowest BCUT2D eigenvalue weighted by molar-refractivity contribution is -0.125. The molecule has 1 aliphatic rings. The third-order valence-electron chi connectivity index (χ3n) is 3.72. The molecule has 0 bridgehead atoms. The van der Waals surface area contributed by atoms with Gasteiger partial charge in [-0.1, -0.05) is 13.8 Å². The van der Waals surface area contributed by atoms with Crippen LogP contribution in [0.1, 0.15) is 33.1 Å². The smallest absolute Gasteiger partial charge is 0.225 e. The van der Waals surface area contributed by atoms with Crippen molar-refractivity contribution in [1.29, 1.82) is 0 Å². The molecule has 3 nitrogen and oxygen atoms in total. The molecule has 1 fully saturated rings. The lowest BCUT2D eigenvalue weighted by Gasteiger charge is -2.29. The van der Waals surface area contributed by atoms with E-state index in [0.717, 1.165) is 19.3 Å². The Labute approximate surface area is 103 Å². The van der Waals surface area contributed by atoms with Crippen molar-refractivity contribution in [2.24, 2.45) is 11.3 Å². The first kappa shape index (κ1) is 13.8. The average molecular weight is 248 g/mol. The number of carbonyl (C=O) groups is 1. The third-order valence-corrected chi connectivity index (χ3v) is 4.29. The quantitative estimate of drug-likeness (QED) is 0.731. The molecule has 1 atom stereocenters. The first-order valence-corrected chi connectivity index (χ1v) is 6.62. The molecule has 1 unspecified atom stereocenters. The maximum atomic E-state index is 11.8. The van der Waals surface area contributed by atoms with Crippen molar-refractivity contribution >= 4 is 17.5 Å². The van der Waals surface area contributed by atoms with Crippen LogP contribution >= 0.6 is 11.6 Å². The highest BCUT2D eigenvalue weighted by Gasteiger charge is 2.28. The van der Waals surface area contributed by atoms with E-state index >= 15 is 0 Å². The highest BCUT2D eigenvalue weighted by atomic mass is 35.5. The molecule has 4 heteroatoms. The summed E-state index contributed by atoms with van der Waals surface area (Å²) in [4.78, 5) is 11.8. The van der Waals surface area contributed by atoms with Crippen LogP contribution in [-0.2, 0) is 9.53 Å². The number of hydrogen-bond acceptors (Lipinski definition) is 2. The van der Waals surface area contributed by atoms with Crippen LogP contribution in [0.15, 0.2) is 0 Å². The number of ether oxygens (including phenoxy) is 1. The minimum Gasteiger partial charge on any atom is -0.381 e. The number of rotatable bonds is 6. The first-order chi connectivity index (χ1) is 7.67. The Kier molecular flexibility index (Phi) is 5.56. The Morgan fingerprint density at radius 2 is 2.19 bits per heavy atom. The van der Waals surface area contributed by atoms with Crippen LogP contribution in [0.2, 0.25) is 0 Å². The molecule has 1 N–H and O–H groups in total. The van der Waals surface area contributed by atoms with Gasteiger partial charge in [0.2, 0.25) is 5.91 Å². The van der Waals surface area contributed by atoms with Crippen molar-refractivity contribution in [3.63, 3.8) is 0 Å². The van der Waals surface area contributed by atoms with E-state index in [4.69, 9.17) is 16.3 Å². The molecule has 1 amide bonds. The molecule has 0 aromatic carbocycles. The minimum atomic E-state index is 0.0433. The van der Waals surface area contributed by atoms with E-state index < -0.39 is 0 Å². The summed E-state index contributed by atoms with van der Waals surface area (Å²) in [5, 5.41) is 3.01. The first-order valence-electron chi connectivity index (χ1n) is 6.09. The van der Waals surface area contributed by atoms with Crippen molar-refractivity contribution in [3.8, 4) is 0 Å². The van der Waals surface area contributed by atoms with E-state index in [0.29, 0.717) is 25.6 Å². The van der Waals surface area contributed by atoms with Crippen LogP contribution in [0, 0.1) is 11.3 Å². The molecular formula is C12H22ClNO2. The molecule has 0 aromatic heterocycles. The summed E-state index contributed by atoms with van der Waals surface area (Å²) in [7, 11) is 0. The standard InChI is InChI=1S/C12H22ClNO2/c1-3-12(4-2,8-13)9-14-11(15)10-5-6-16-7-10/h10H,3-9H2,1-2H3,(H,14,15). The Bertz CT molecular complexity index is 215. The number of nitrogens with one attached hydrogen (secondary N) is 1. The van der Waals surface area contributed by atoms with Crippen molar-refractivity contribution in [2.75, 3.05) is 25.6 Å². The predicted molar refractivity (Wildman–Crippen MR) is 65.7 cm³/mol. The lowest BCUT2D eigenvalue weighted by Crippen LogP contribution is -2.41. The maximum Gasteiger partial charge on any atom is 0.225 e. The zero-order valence-electron chi connectivity index (χ0n) is 10.2. The van der Waals surface area contributed by atoms with Crippen molar-refractivity contribution in [2.45, 2.75) is 33.1 Å². The molecular weight excluding hydrogens is 226 g/mol. The Hall–Kier alpha value is -0.280. The molecule has 0 aromatic rings. The summed E-state index contributed by atoms with van der Waals surface area (Å²) in [6.07, 6.45) is 2.83. The minimum absolute atomic E-state index is 0.0433. The largest absolute Gasteiger partial charge is 0.381 e. The van der Waals surface area contributed by atoms with E-state index in [2.05, 4.69) is 19.2 Å². The number of carbonyl (C=O) groups excluding carboxylic acids is 1. The Morgan fingerprint density at radius 3 is 2.62 bits per heavy atom. The fourth-order valence-electron chi connectivity index (χ4n) is 1.90. The summed E-state index contributed by atoms with van der Waals surface area (Å²) in [6, 6.07) is 0. The SMILES string of the molecule is CCC(CC)(CCl)CNC(=O)C1CCOC1. The van der Waals surface area contributed by atoms with Gasteiger partial charge in [-0.25, -0.2) is 0 Å². The second-order valence-corrected chi connectivity index (χ2v) is 4.89. The van der Waals surface area contributed by atoms with Crippen LogP contribution in [0.4, 0.5) is 0 Å². The molecule has 0 spiro atoms. The van der Waals surface area contributed by atoms with Crippen LogP contribution in [0.3, 0.4) is 0 Å². The molecule has 1 aliphatic heterocycles. The molecule has 16 heavy (non-hydrogen) atoms. The molecule has 0 aliphatic carbocycles. The van der Waals surface area contributed by atoms with Gasteiger partial charge in [0.05, 0.1) is 12.5 Å². The van der Waals surface area contributed by atoms with Crippen LogP contribution in [0.5, 0.6) is 0 Å². The molecule has 0 saturated carbocycles. The fraction of sp³-hybridized carbons (Fsp3) is 0.917. The molecule has 0 radical (unpaired) electrons. The summed E-state index contributed by atoms with van der Waals surface area (Å²) in [6.45, 7) is 6.20. The third kappa shape index (κ3) is 3.36. The van der Waals surface area contributed by atoms with E-state index in [1.807, 2.05) is 0 Å². The molecule has 94 valence electrons. The number of amides is 1. The summed E-state index contributed by atoms with van der Waals surface area (Å²) in [5.74, 6) is 0.761. The molecule has 1 saturated heterocycles. The molecule has 1 heterocycles. The molecule has 1 rings (SSSR count). The van der Waals surface area contributed by atoms with Crippen molar-refractivity contribution in [3.05, 3.63) is 0 Å². The zero-order valence-corrected chi connectivity index (χ0v) is 11.0. The Balaban J connectivity index is 2.39. The van der Waals surface area contributed by atoms with Crippen LogP contribution < -0.4 is 5.32 Å². The topological polar surface area (TPSA) is 38.3 Å². The van der Waals surface area contributed by atoms with Gasteiger partial charge in [0.15, 0.2) is 0 Å². The number of hydrogen-bond donors (Lipinski definition) is 1. The lowest BCUT2D eigenvalue weighted by atomic mass is 9.84. The van der Waals surface area contributed by atoms with Crippen molar-refractivity contribution < 1.29 is 9.53 Å². The second kappa shape index (κ2) is 6.45. The number of alkyl halides is 1. The fourth-order valence-corrected chi connectivity index (χ4v) is 2.37. The predicted octanol–water partition coefficient (Wildman–Crippen LogP) is 2.18. The van der Waals surface area contributed by atoms with Gasteiger partial charge in [-0.05, 0) is 19.3 Å². The van der Waals surface area contributed by atoms with E-state index in [9.17, 15) is 4.79 Å². The van der Waals surface area contributed by atoms with E-state index in [1.165, 1.54) is 0 Å². The van der Waals surface area contributed by atoms with Gasteiger partial charge in [0, 0.05) is 24.4 Å². The second-order valence-electron chi connectivity index (χ2n) is 4.62. The van der Waals surface area contributed by atoms with E-state index in [1.54, 1.807) is 0 Å². The zero-order chi connectivity index (χ0) is 12.0. The van der Waals surface area contributed by atoms with Gasteiger partial charge in [-0.3, -0.25) is 4.79 Å². The van der Waals surface area contributed by atoms with Gasteiger partial charge in [-0.2, -0.15) is 0 Å². The van der Waals surface area contributed by atoms with Crippen molar-refractivity contribution in [1.82, 2.24) is 5.32 Å². The van der Waals surface area contributed by atoms with Gasteiger partial charge in [0.1, 0.15) is 0 Å². The highest BCUT2D eigenvalue weighted by molar-refractivity contribution is 6.18. The van der Waals surface area contributed by atoms with Gasteiger partial charge < -0.3 is 10.1 Å². The Morgan fingerprint density at radius 1 is 1.50 bits per heavy atom. The average Bonchev–Trinajstić information content (AvgIpc) is 2.85. The van der Waals surface area contributed by atoms with E-state index in [-0.39, 0.29) is 17.2 Å². The van der Waals surface area contributed by atoms with Gasteiger partial charge in [-0.15, -0.1) is 11.6 Å². The van der Waals surface area contributed by atoms with Crippen LogP contribution in [-0.4, -0.2) is 31.5 Å². The highest BCUT2D eigenvalue weighted by Crippen LogP contribution is 2.27. The maximum absolute atomic E-state index is 11.8. The normalized spacial score (nSPS) is 21.1. The summed E-state index contributed by atoms with van der Waals surface area (Å²) < 4.78 is 5.20. The van der Waals surface area contributed by atoms with Crippen LogP contribution in [0.25, 0.3) is 0 Å². The summed E-state index contributed by atoms with van der Waals surface area (Å²) in [5.41, 5.74) is 0.0523. The monoisotopic (exact) mass is 247 g/mol. The van der Waals surface area contributed by atoms with Gasteiger partial charge >= 0.3 is 0 Å². The summed E-state index contributed by atoms with van der Waals surface area (Å²) >= 11 is 5.99. The van der Waals surface area contributed by atoms with Gasteiger partial charge in [0.25, 0.3) is 0 Å². The number of halogens is 1.